The van der Waals surface area contributed by atoms with E-state index in [1.807, 2.05) is 6.08 Å². The van der Waals surface area contributed by atoms with Crippen molar-refractivity contribution in [2.75, 3.05) is 6.61 Å². The van der Waals surface area contributed by atoms with Gasteiger partial charge in [-0.1, -0.05) is 244 Å². The molecule has 0 aliphatic heterocycles. The van der Waals surface area contributed by atoms with Crippen molar-refractivity contribution in [1.82, 2.24) is 5.32 Å². The molecule has 5 heteroatoms. The molecule has 5 nitrogen and oxygen atoms in total. The van der Waals surface area contributed by atoms with Crippen molar-refractivity contribution >= 4 is 5.91 Å². The summed E-state index contributed by atoms with van der Waals surface area (Å²) in [5, 5.41) is 33.3. The minimum atomic E-state index is -0.926. The van der Waals surface area contributed by atoms with E-state index < -0.39 is 18.2 Å². The molecule has 0 saturated heterocycles. The standard InChI is InChI=1S/C51H99NO4/c1-3-5-7-9-11-13-15-17-19-20-21-22-23-24-25-26-27-28-29-30-31-32-34-36-38-40-42-44-48(54)46-51(56)52-49(47-53)50(55)45-43-41-39-37-35-33-18-16-14-12-10-8-6-4-2/h24-25,43,45,48-50,53-55H,3-23,26-42,44,46-47H2,1-2H3,(H,52,56)/b25-24-,45-43+. The van der Waals surface area contributed by atoms with Gasteiger partial charge in [0.2, 0.25) is 5.91 Å². The Labute approximate surface area is 350 Å². The van der Waals surface area contributed by atoms with Gasteiger partial charge in [-0.05, 0) is 44.9 Å². The number of carbonyl (C=O) groups is 1. The highest BCUT2D eigenvalue weighted by atomic mass is 16.3. The highest BCUT2D eigenvalue weighted by Crippen LogP contribution is 2.16. The van der Waals surface area contributed by atoms with Crippen LogP contribution in [-0.2, 0) is 4.79 Å². The van der Waals surface area contributed by atoms with Gasteiger partial charge in [-0.2, -0.15) is 0 Å². The molecular formula is C51H99NO4. The fourth-order valence-corrected chi connectivity index (χ4v) is 7.87. The fraction of sp³-hybridized carbons (Fsp3) is 0.902. The molecule has 4 N–H and O–H groups in total. The van der Waals surface area contributed by atoms with E-state index in [1.165, 1.54) is 218 Å². The van der Waals surface area contributed by atoms with Crippen molar-refractivity contribution in [3.8, 4) is 0 Å². The third-order valence-corrected chi connectivity index (χ3v) is 11.7. The van der Waals surface area contributed by atoms with Gasteiger partial charge in [-0.3, -0.25) is 4.79 Å². The summed E-state index contributed by atoms with van der Waals surface area (Å²) in [5.74, 6) is -0.313. The van der Waals surface area contributed by atoms with Crippen molar-refractivity contribution in [1.29, 1.82) is 0 Å². The van der Waals surface area contributed by atoms with Crippen LogP contribution in [0, 0.1) is 0 Å². The Balaban J connectivity index is 3.56. The van der Waals surface area contributed by atoms with E-state index in [9.17, 15) is 20.1 Å². The van der Waals surface area contributed by atoms with Crippen LogP contribution in [0.5, 0.6) is 0 Å². The topological polar surface area (TPSA) is 89.8 Å². The van der Waals surface area contributed by atoms with Crippen LogP contribution >= 0.6 is 0 Å². The maximum Gasteiger partial charge on any atom is 0.222 e. The average molecular weight is 790 g/mol. The van der Waals surface area contributed by atoms with Crippen molar-refractivity contribution in [2.24, 2.45) is 0 Å². The van der Waals surface area contributed by atoms with Gasteiger partial charge in [-0.25, -0.2) is 0 Å². The molecule has 0 aliphatic rings. The summed E-state index contributed by atoms with van der Waals surface area (Å²) in [5.41, 5.74) is 0. The summed E-state index contributed by atoms with van der Waals surface area (Å²) in [6.07, 6.45) is 57.7. The lowest BCUT2D eigenvalue weighted by Crippen LogP contribution is -2.45. The second kappa shape index (κ2) is 46.5. The lowest BCUT2D eigenvalue weighted by molar-refractivity contribution is -0.124. The molecule has 0 rings (SSSR count). The van der Waals surface area contributed by atoms with Crippen LogP contribution in [-0.4, -0.2) is 46.1 Å². The summed E-state index contributed by atoms with van der Waals surface area (Å²) < 4.78 is 0. The number of rotatable bonds is 46. The second-order valence-corrected chi connectivity index (χ2v) is 17.4. The lowest BCUT2D eigenvalue weighted by atomic mass is 10.0. The third-order valence-electron chi connectivity index (χ3n) is 11.7. The molecule has 0 aromatic carbocycles. The number of aliphatic hydroxyl groups excluding tert-OH is 3. The Morgan fingerprint density at radius 1 is 0.446 bits per heavy atom. The number of hydrogen-bond acceptors (Lipinski definition) is 4. The Morgan fingerprint density at radius 3 is 1.09 bits per heavy atom. The smallest absolute Gasteiger partial charge is 0.222 e. The van der Waals surface area contributed by atoms with E-state index in [1.54, 1.807) is 6.08 Å². The molecule has 0 fully saturated rings. The minimum Gasteiger partial charge on any atom is -0.394 e. The van der Waals surface area contributed by atoms with Crippen LogP contribution in [0.15, 0.2) is 24.3 Å². The van der Waals surface area contributed by atoms with Gasteiger partial charge in [0, 0.05) is 0 Å². The highest BCUT2D eigenvalue weighted by molar-refractivity contribution is 5.76. The normalized spacial score (nSPS) is 13.6. The fourth-order valence-electron chi connectivity index (χ4n) is 7.87. The van der Waals surface area contributed by atoms with Crippen LogP contribution < -0.4 is 5.32 Å². The Kier molecular flexibility index (Phi) is 45.5. The summed E-state index contributed by atoms with van der Waals surface area (Å²) in [6, 6.07) is -0.742. The zero-order valence-corrected chi connectivity index (χ0v) is 37.8. The quantitative estimate of drug-likeness (QED) is 0.0365. The van der Waals surface area contributed by atoms with Crippen molar-refractivity contribution in [3.63, 3.8) is 0 Å². The zero-order chi connectivity index (χ0) is 40.8. The summed E-state index contributed by atoms with van der Waals surface area (Å²) >= 11 is 0. The molecular weight excluding hydrogens is 691 g/mol. The van der Waals surface area contributed by atoms with Crippen molar-refractivity contribution < 1.29 is 20.1 Å². The summed E-state index contributed by atoms with van der Waals surface area (Å²) in [7, 11) is 0. The molecule has 3 atom stereocenters. The van der Waals surface area contributed by atoms with Crippen LogP contribution in [0.2, 0.25) is 0 Å². The molecule has 3 unspecified atom stereocenters. The number of amides is 1. The van der Waals surface area contributed by atoms with Crippen LogP contribution in [0.4, 0.5) is 0 Å². The third kappa shape index (κ3) is 42.4. The van der Waals surface area contributed by atoms with E-state index >= 15 is 0 Å². The number of nitrogens with one attached hydrogen (secondary N) is 1. The number of unbranched alkanes of at least 4 members (excludes halogenated alkanes) is 35. The Morgan fingerprint density at radius 2 is 0.750 bits per heavy atom. The minimum absolute atomic E-state index is 0.0154. The number of carbonyl (C=O) groups excluding carboxylic acids is 1. The molecule has 0 aromatic heterocycles. The molecule has 0 spiro atoms. The summed E-state index contributed by atoms with van der Waals surface area (Å²) in [4.78, 5) is 12.5. The lowest BCUT2D eigenvalue weighted by Gasteiger charge is -2.21. The SMILES string of the molecule is CCCCCCCCCCCCCC/C=C\CCCCCCCCCCCCCC(O)CC(=O)NC(CO)C(O)/C=C/CCCCCCCCCCCCCC. The van der Waals surface area contributed by atoms with Gasteiger partial charge in [0.1, 0.15) is 0 Å². The first-order valence-corrected chi connectivity index (χ1v) is 25.1. The van der Waals surface area contributed by atoms with E-state index in [-0.39, 0.29) is 18.9 Å². The van der Waals surface area contributed by atoms with Crippen LogP contribution in [0.1, 0.15) is 271 Å². The zero-order valence-electron chi connectivity index (χ0n) is 37.8. The summed E-state index contributed by atoms with van der Waals surface area (Å²) in [6.45, 7) is 4.23. The monoisotopic (exact) mass is 790 g/mol. The molecule has 0 aromatic rings. The number of allylic oxidation sites excluding steroid dienone is 3. The first-order chi connectivity index (χ1) is 27.5. The molecule has 0 heterocycles. The molecule has 1 amide bonds. The van der Waals surface area contributed by atoms with E-state index in [0.717, 1.165) is 25.7 Å². The molecule has 0 bridgehead atoms. The Bertz CT molecular complexity index is 829. The van der Waals surface area contributed by atoms with Gasteiger partial charge in [-0.15, -0.1) is 0 Å². The van der Waals surface area contributed by atoms with Crippen molar-refractivity contribution in [3.05, 3.63) is 24.3 Å². The maximum atomic E-state index is 12.5. The van der Waals surface area contributed by atoms with E-state index in [4.69, 9.17) is 0 Å². The number of aliphatic hydroxyl groups is 3. The van der Waals surface area contributed by atoms with Gasteiger partial charge in [0.05, 0.1) is 31.3 Å². The van der Waals surface area contributed by atoms with Crippen molar-refractivity contribution in [2.45, 2.75) is 289 Å². The first-order valence-electron chi connectivity index (χ1n) is 25.1. The van der Waals surface area contributed by atoms with Gasteiger partial charge in [0.15, 0.2) is 0 Å². The average Bonchev–Trinajstić information content (AvgIpc) is 3.19. The predicted molar refractivity (Wildman–Crippen MR) is 245 cm³/mol. The molecule has 332 valence electrons. The van der Waals surface area contributed by atoms with Gasteiger partial charge in [0.25, 0.3) is 0 Å². The van der Waals surface area contributed by atoms with E-state index in [0.29, 0.717) is 6.42 Å². The molecule has 0 aliphatic carbocycles. The highest BCUT2D eigenvalue weighted by Gasteiger charge is 2.20. The molecule has 0 saturated carbocycles. The predicted octanol–water partition coefficient (Wildman–Crippen LogP) is 14.9. The number of hydrogen-bond donors (Lipinski definition) is 4. The first kappa shape index (κ1) is 54.8. The Hall–Kier alpha value is -1.17. The maximum absolute atomic E-state index is 12.5. The van der Waals surface area contributed by atoms with E-state index in [2.05, 4.69) is 31.3 Å². The van der Waals surface area contributed by atoms with Crippen LogP contribution in [0.3, 0.4) is 0 Å². The van der Waals surface area contributed by atoms with Crippen LogP contribution in [0.25, 0.3) is 0 Å². The largest absolute Gasteiger partial charge is 0.394 e. The second-order valence-electron chi connectivity index (χ2n) is 17.4. The van der Waals surface area contributed by atoms with Gasteiger partial charge < -0.3 is 20.6 Å². The molecule has 56 heavy (non-hydrogen) atoms. The van der Waals surface area contributed by atoms with Gasteiger partial charge >= 0.3 is 0 Å². The molecule has 0 radical (unpaired) electrons.